The summed E-state index contributed by atoms with van der Waals surface area (Å²) in [6.45, 7) is 2.99. The number of nitrogens with zero attached hydrogens (tertiary/aromatic N) is 3. The second kappa shape index (κ2) is 4.76. The molecular weight excluding hydrogens is 224 g/mol. The Balaban J connectivity index is 2.11. The van der Waals surface area contributed by atoms with Crippen molar-refractivity contribution in [3.8, 4) is 0 Å². The maximum absolute atomic E-state index is 5.95. The average Bonchev–Trinajstić information content (AvgIpc) is 2.26. The molecule has 1 saturated carbocycles. The Morgan fingerprint density at radius 3 is 2.44 bits per heavy atom. The lowest BCUT2D eigenvalue weighted by Gasteiger charge is -2.49. The van der Waals surface area contributed by atoms with Crippen LogP contribution in [0.15, 0.2) is 12.3 Å². The van der Waals surface area contributed by atoms with Gasteiger partial charge in [0.15, 0.2) is 0 Å². The molecule has 1 aromatic heterocycles. The minimum Gasteiger partial charge on any atom is -0.398 e. The van der Waals surface area contributed by atoms with Gasteiger partial charge in [-0.05, 0) is 45.8 Å². The molecule has 0 radical (unpaired) electrons. The van der Waals surface area contributed by atoms with E-state index >= 15 is 0 Å². The summed E-state index contributed by atoms with van der Waals surface area (Å²) in [5.74, 6) is 0.964. The Morgan fingerprint density at radius 2 is 2.00 bits per heavy atom. The van der Waals surface area contributed by atoms with E-state index in [0.717, 1.165) is 23.6 Å². The smallest absolute Gasteiger partial charge is 0.130 e. The van der Waals surface area contributed by atoms with Crippen LogP contribution in [0.2, 0.25) is 0 Å². The summed E-state index contributed by atoms with van der Waals surface area (Å²) >= 11 is 0. The summed E-state index contributed by atoms with van der Waals surface area (Å²) in [7, 11) is 6.44. The van der Waals surface area contributed by atoms with E-state index < -0.39 is 0 Å². The third kappa shape index (κ3) is 2.29. The fraction of sp³-hybridized carbons (Fsp3) is 0.643. The molecule has 0 spiro atoms. The topological polar surface area (TPSA) is 45.4 Å². The molecule has 1 fully saturated rings. The number of aromatic nitrogens is 1. The fourth-order valence-electron chi connectivity index (χ4n) is 2.59. The third-order valence-corrected chi connectivity index (χ3v) is 4.29. The monoisotopic (exact) mass is 248 g/mol. The number of aryl methyl sites for hydroxylation is 1. The van der Waals surface area contributed by atoms with Crippen LogP contribution in [-0.4, -0.2) is 43.1 Å². The normalized spacial score (nSPS) is 17.6. The molecule has 0 atom stereocenters. The van der Waals surface area contributed by atoms with Crippen LogP contribution in [0.25, 0.3) is 0 Å². The molecule has 100 valence electrons. The van der Waals surface area contributed by atoms with E-state index in [0.29, 0.717) is 5.54 Å². The molecule has 0 bridgehead atoms. The first-order valence-corrected chi connectivity index (χ1v) is 6.55. The van der Waals surface area contributed by atoms with E-state index in [2.05, 4.69) is 35.9 Å². The van der Waals surface area contributed by atoms with Crippen LogP contribution < -0.4 is 10.6 Å². The van der Waals surface area contributed by atoms with Gasteiger partial charge in [0.2, 0.25) is 0 Å². The van der Waals surface area contributed by atoms with Gasteiger partial charge in [0.1, 0.15) is 5.82 Å². The molecule has 0 aliphatic heterocycles. The summed E-state index contributed by atoms with van der Waals surface area (Å²) in [6.07, 6.45) is 5.72. The van der Waals surface area contributed by atoms with Crippen molar-refractivity contribution >= 4 is 11.5 Å². The molecule has 4 heteroatoms. The van der Waals surface area contributed by atoms with Crippen molar-refractivity contribution in [2.75, 3.05) is 38.3 Å². The summed E-state index contributed by atoms with van der Waals surface area (Å²) < 4.78 is 0. The van der Waals surface area contributed by atoms with Gasteiger partial charge in [0.05, 0.1) is 0 Å². The van der Waals surface area contributed by atoms with E-state index in [-0.39, 0.29) is 0 Å². The number of likely N-dealkylation sites (N-methyl/N-ethyl adjacent to an activating group) is 2. The predicted molar refractivity (Wildman–Crippen MR) is 76.9 cm³/mol. The highest BCUT2D eigenvalue weighted by atomic mass is 15.2. The van der Waals surface area contributed by atoms with Gasteiger partial charge in [-0.1, -0.05) is 0 Å². The molecular formula is C14H24N4. The summed E-state index contributed by atoms with van der Waals surface area (Å²) in [4.78, 5) is 9.04. The van der Waals surface area contributed by atoms with Crippen LogP contribution in [0.4, 0.5) is 11.5 Å². The first-order valence-electron chi connectivity index (χ1n) is 6.55. The van der Waals surface area contributed by atoms with E-state index in [1.54, 1.807) is 0 Å². The highest BCUT2D eigenvalue weighted by molar-refractivity contribution is 5.54. The maximum atomic E-state index is 5.95. The highest BCUT2D eigenvalue weighted by Gasteiger charge is 2.40. The van der Waals surface area contributed by atoms with E-state index in [1.165, 1.54) is 19.3 Å². The largest absolute Gasteiger partial charge is 0.398 e. The van der Waals surface area contributed by atoms with Gasteiger partial charge >= 0.3 is 0 Å². The van der Waals surface area contributed by atoms with Gasteiger partial charge in [-0.15, -0.1) is 0 Å². The molecule has 4 nitrogen and oxygen atoms in total. The zero-order valence-corrected chi connectivity index (χ0v) is 11.9. The minimum absolute atomic E-state index is 0.316. The van der Waals surface area contributed by atoms with Gasteiger partial charge in [0, 0.05) is 37.1 Å². The number of anilines is 2. The molecule has 0 aromatic carbocycles. The van der Waals surface area contributed by atoms with Crippen LogP contribution in [-0.2, 0) is 0 Å². The van der Waals surface area contributed by atoms with Crippen molar-refractivity contribution < 1.29 is 0 Å². The maximum Gasteiger partial charge on any atom is 0.130 e. The van der Waals surface area contributed by atoms with Crippen molar-refractivity contribution in [2.24, 2.45) is 0 Å². The molecule has 1 heterocycles. The fourth-order valence-corrected chi connectivity index (χ4v) is 2.59. The zero-order valence-electron chi connectivity index (χ0n) is 11.9. The Kier molecular flexibility index (Phi) is 3.48. The number of nitrogens with two attached hydrogens (primary N) is 1. The number of hydrogen-bond donors (Lipinski definition) is 1. The van der Waals surface area contributed by atoms with E-state index in [1.807, 2.05) is 19.2 Å². The van der Waals surface area contributed by atoms with Crippen molar-refractivity contribution in [2.45, 2.75) is 31.7 Å². The first kappa shape index (κ1) is 13.1. The van der Waals surface area contributed by atoms with Gasteiger partial charge in [0.25, 0.3) is 0 Å². The molecule has 0 unspecified atom stereocenters. The molecule has 1 aromatic rings. The van der Waals surface area contributed by atoms with Crippen LogP contribution in [0.1, 0.15) is 24.8 Å². The van der Waals surface area contributed by atoms with Crippen LogP contribution in [0.5, 0.6) is 0 Å². The Hall–Kier alpha value is -1.29. The van der Waals surface area contributed by atoms with Crippen LogP contribution in [0.3, 0.4) is 0 Å². The van der Waals surface area contributed by atoms with Crippen molar-refractivity contribution in [1.82, 2.24) is 9.88 Å². The predicted octanol–water partition coefficient (Wildman–Crippen LogP) is 1.89. The summed E-state index contributed by atoms with van der Waals surface area (Å²) in [5, 5.41) is 0. The minimum atomic E-state index is 0.316. The molecule has 2 N–H and O–H groups in total. The van der Waals surface area contributed by atoms with E-state index in [9.17, 15) is 0 Å². The highest BCUT2D eigenvalue weighted by Crippen LogP contribution is 2.37. The van der Waals surface area contributed by atoms with Crippen molar-refractivity contribution in [1.29, 1.82) is 0 Å². The summed E-state index contributed by atoms with van der Waals surface area (Å²) in [5.41, 5.74) is 8.13. The third-order valence-electron chi connectivity index (χ3n) is 4.29. The Morgan fingerprint density at radius 1 is 1.33 bits per heavy atom. The van der Waals surface area contributed by atoms with Crippen molar-refractivity contribution in [3.05, 3.63) is 17.8 Å². The zero-order chi connectivity index (χ0) is 13.3. The second-order valence-electron chi connectivity index (χ2n) is 5.73. The molecule has 0 amide bonds. The van der Waals surface area contributed by atoms with Crippen LogP contribution >= 0.6 is 0 Å². The second-order valence-corrected chi connectivity index (χ2v) is 5.73. The quantitative estimate of drug-likeness (QED) is 0.884. The van der Waals surface area contributed by atoms with Gasteiger partial charge in [-0.3, -0.25) is 0 Å². The lowest BCUT2D eigenvalue weighted by molar-refractivity contribution is 0.0682. The summed E-state index contributed by atoms with van der Waals surface area (Å²) in [6, 6.07) is 1.97. The van der Waals surface area contributed by atoms with Gasteiger partial charge in [-0.2, -0.15) is 0 Å². The SMILES string of the molecule is Cc1cnc(N(C)CC2(N(C)C)CCC2)cc1N. The van der Waals surface area contributed by atoms with Crippen LogP contribution in [0, 0.1) is 6.92 Å². The Bertz CT molecular complexity index is 424. The lowest BCUT2D eigenvalue weighted by atomic mass is 9.75. The Labute approximate surface area is 110 Å². The average molecular weight is 248 g/mol. The standard InChI is InChI=1S/C14H24N4/c1-11-9-16-13(8-12(11)15)18(4)10-14(17(2)3)6-5-7-14/h8-9H,5-7,10H2,1-4H3,(H2,15,16). The number of nitrogen functional groups attached to an aromatic ring is 1. The molecule has 2 rings (SSSR count). The number of pyridine rings is 1. The van der Waals surface area contributed by atoms with Gasteiger partial charge < -0.3 is 15.5 Å². The first-order chi connectivity index (χ1) is 8.44. The molecule has 18 heavy (non-hydrogen) atoms. The number of rotatable bonds is 4. The molecule has 0 saturated heterocycles. The lowest BCUT2D eigenvalue weighted by Crippen LogP contribution is -2.56. The van der Waals surface area contributed by atoms with Crippen molar-refractivity contribution in [3.63, 3.8) is 0 Å². The van der Waals surface area contributed by atoms with E-state index in [4.69, 9.17) is 5.73 Å². The molecule has 1 aliphatic rings. The van der Waals surface area contributed by atoms with Gasteiger partial charge in [-0.25, -0.2) is 4.98 Å². The molecule has 1 aliphatic carbocycles. The number of hydrogen-bond acceptors (Lipinski definition) is 4.